The summed E-state index contributed by atoms with van der Waals surface area (Å²) in [4.78, 5) is 24.0. The summed E-state index contributed by atoms with van der Waals surface area (Å²) < 4.78 is 27.3. The monoisotopic (exact) mass is 544 g/mol. The second-order valence-corrected chi connectivity index (χ2v) is 7.93. The van der Waals surface area contributed by atoms with Crippen LogP contribution in [0.25, 0.3) is 0 Å². The quantitative estimate of drug-likeness (QED) is 0.0572. The average molecular weight is 545 g/mol. The topological polar surface area (TPSA) is 134 Å². The predicted octanol–water partition coefficient (Wildman–Crippen LogP) is 5.36. The fourth-order valence-corrected chi connectivity index (χ4v) is 3.35. The molecule has 0 atom stereocenters. The molecule has 0 saturated carbocycles. The van der Waals surface area contributed by atoms with Crippen molar-refractivity contribution >= 4 is 28.7 Å². The second kappa shape index (κ2) is 17.5. The standard InChI is InChI=1S/C27H36N4O8/c1-5-37-21(4)19-35-16-14-30(15-17-36-20-27(32)39-7-3)25-13-10-23(18-26(25)38-6-2)29-28-22-8-11-24(12-9-22)31(33)34/h8-13,18H,4-7,14-17,19-20H2,1-3H3. The zero-order valence-electron chi connectivity index (χ0n) is 22.7. The zero-order valence-corrected chi connectivity index (χ0v) is 22.7. The van der Waals surface area contributed by atoms with E-state index in [2.05, 4.69) is 16.8 Å². The van der Waals surface area contributed by atoms with E-state index in [1.165, 1.54) is 24.3 Å². The van der Waals surface area contributed by atoms with Gasteiger partial charge in [-0.05, 0) is 45.0 Å². The van der Waals surface area contributed by atoms with Gasteiger partial charge in [-0.25, -0.2) is 4.79 Å². The molecule has 2 aromatic carbocycles. The van der Waals surface area contributed by atoms with Crippen molar-refractivity contribution < 1.29 is 33.4 Å². The van der Waals surface area contributed by atoms with Crippen LogP contribution in [-0.2, 0) is 23.7 Å². The van der Waals surface area contributed by atoms with Gasteiger partial charge in [-0.1, -0.05) is 6.58 Å². The van der Waals surface area contributed by atoms with Crippen LogP contribution in [0.4, 0.5) is 22.7 Å². The molecule has 2 rings (SSSR count). The van der Waals surface area contributed by atoms with Gasteiger partial charge in [-0.15, -0.1) is 0 Å². The number of azo groups is 1. The summed E-state index contributed by atoms with van der Waals surface area (Å²) in [5, 5.41) is 19.3. The summed E-state index contributed by atoms with van der Waals surface area (Å²) in [6.45, 7) is 12.3. The number of benzene rings is 2. The van der Waals surface area contributed by atoms with Gasteiger partial charge in [-0.2, -0.15) is 10.2 Å². The Kier molecular flexibility index (Phi) is 14.0. The molecular formula is C27H36N4O8. The first kappa shape index (κ1) is 31.2. The fourth-order valence-electron chi connectivity index (χ4n) is 3.35. The maximum Gasteiger partial charge on any atom is 0.332 e. The van der Waals surface area contributed by atoms with Gasteiger partial charge in [0, 0.05) is 31.3 Å². The summed E-state index contributed by atoms with van der Waals surface area (Å²) in [7, 11) is 0. The van der Waals surface area contributed by atoms with Gasteiger partial charge in [0.2, 0.25) is 0 Å². The van der Waals surface area contributed by atoms with Crippen molar-refractivity contribution in [2.45, 2.75) is 20.8 Å². The lowest BCUT2D eigenvalue weighted by Crippen LogP contribution is -2.32. The third-order valence-corrected chi connectivity index (χ3v) is 5.07. The molecule has 0 N–H and O–H groups in total. The molecule has 0 spiro atoms. The highest BCUT2D eigenvalue weighted by molar-refractivity contribution is 5.70. The van der Waals surface area contributed by atoms with E-state index in [-0.39, 0.29) is 25.5 Å². The first-order chi connectivity index (χ1) is 18.9. The first-order valence-corrected chi connectivity index (χ1v) is 12.7. The van der Waals surface area contributed by atoms with Gasteiger partial charge in [-0.3, -0.25) is 10.1 Å². The minimum Gasteiger partial charge on any atom is -0.496 e. The lowest BCUT2D eigenvalue weighted by molar-refractivity contribution is -0.384. The highest BCUT2D eigenvalue weighted by Crippen LogP contribution is 2.33. The molecule has 12 nitrogen and oxygen atoms in total. The number of ether oxygens (including phenoxy) is 5. The van der Waals surface area contributed by atoms with Crippen molar-refractivity contribution in [2.24, 2.45) is 10.2 Å². The van der Waals surface area contributed by atoms with E-state index >= 15 is 0 Å². The van der Waals surface area contributed by atoms with Gasteiger partial charge in [0.25, 0.3) is 5.69 Å². The Morgan fingerprint density at radius 1 is 0.897 bits per heavy atom. The van der Waals surface area contributed by atoms with Crippen molar-refractivity contribution in [3.8, 4) is 5.75 Å². The van der Waals surface area contributed by atoms with E-state index in [1.807, 2.05) is 24.8 Å². The number of carbonyl (C=O) groups is 1. The number of hydrogen-bond donors (Lipinski definition) is 0. The first-order valence-electron chi connectivity index (χ1n) is 12.7. The van der Waals surface area contributed by atoms with Crippen molar-refractivity contribution in [1.82, 2.24) is 0 Å². The van der Waals surface area contributed by atoms with Crippen molar-refractivity contribution in [1.29, 1.82) is 0 Å². The molecule has 0 heterocycles. The molecule has 0 fully saturated rings. The summed E-state index contributed by atoms with van der Waals surface area (Å²) in [5.41, 5.74) is 1.80. The fraction of sp³-hybridized carbons (Fsp3) is 0.444. The molecule has 0 aromatic heterocycles. The minimum atomic E-state index is -0.470. The Balaban J connectivity index is 2.15. The molecule has 2 aromatic rings. The number of carbonyl (C=O) groups excluding carboxylic acids is 1. The lowest BCUT2D eigenvalue weighted by atomic mass is 10.2. The van der Waals surface area contributed by atoms with Gasteiger partial charge >= 0.3 is 5.97 Å². The van der Waals surface area contributed by atoms with Crippen LogP contribution in [0.1, 0.15) is 20.8 Å². The molecule has 0 aliphatic heterocycles. The molecule has 39 heavy (non-hydrogen) atoms. The predicted molar refractivity (Wildman–Crippen MR) is 146 cm³/mol. The smallest absolute Gasteiger partial charge is 0.332 e. The van der Waals surface area contributed by atoms with Crippen LogP contribution in [-0.4, -0.2) is 70.2 Å². The van der Waals surface area contributed by atoms with Gasteiger partial charge in [0.15, 0.2) is 0 Å². The minimum absolute atomic E-state index is 0.0190. The van der Waals surface area contributed by atoms with Gasteiger partial charge < -0.3 is 28.6 Å². The van der Waals surface area contributed by atoms with Crippen molar-refractivity contribution in [3.05, 3.63) is 64.9 Å². The molecule has 212 valence electrons. The number of esters is 1. The average Bonchev–Trinajstić information content (AvgIpc) is 2.92. The van der Waals surface area contributed by atoms with Crippen LogP contribution in [0, 0.1) is 10.1 Å². The lowest BCUT2D eigenvalue weighted by Gasteiger charge is -2.27. The largest absolute Gasteiger partial charge is 0.496 e. The number of anilines is 1. The Bertz CT molecular complexity index is 1070. The number of non-ortho nitro benzene ring substituents is 1. The summed E-state index contributed by atoms with van der Waals surface area (Å²) in [6.07, 6.45) is 0. The number of nitro groups is 1. The Morgan fingerprint density at radius 3 is 2.13 bits per heavy atom. The van der Waals surface area contributed by atoms with E-state index in [4.69, 9.17) is 23.7 Å². The Morgan fingerprint density at radius 2 is 1.51 bits per heavy atom. The van der Waals surface area contributed by atoms with Crippen LogP contribution in [0.15, 0.2) is 65.0 Å². The Labute approximate surface area is 228 Å². The van der Waals surface area contributed by atoms with E-state index in [0.717, 1.165) is 5.69 Å². The van der Waals surface area contributed by atoms with Gasteiger partial charge in [0.05, 0.1) is 55.0 Å². The molecule has 0 bridgehead atoms. The van der Waals surface area contributed by atoms with Crippen LogP contribution in [0.3, 0.4) is 0 Å². The molecule has 0 radical (unpaired) electrons. The number of rotatable bonds is 19. The summed E-state index contributed by atoms with van der Waals surface area (Å²) in [5.74, 6) is 0.723. The zero-order chi connectivity index (χ0) is 28.5. The van der Waals surface area contributed by atoms with E-state index < -0.39 is 10.9 Å². The van der Waals surface area contributed by atoms with Crippen LogP contribution in [0.5, 0.6) is 5.75 Å². The molecule has 12 heteroatoms. The molecule has 0 saturated heterocycles. The number of hydrogen-bond acceptors (Lipinski definition) is 11. The summed E-state index contributed by atoms with van der Waals surface area (Å²) >= 11 is 0. The molecule has 0 aliphatic rings. The third-order valence-electron chi connectivity index (χ3n) is 5.07. The number of nitro benzene ring substituents is 1. The molecular weight excluding hydrogens is 508 g/mol. The summed E-state index contributed by atoms with van der Waals surface area (Å²) in [6, 6.07) is 11.2. The molecule has 0 unspecified atom stereocenters. The van der Waals surface area contributed by atoms with Crippen molar-refractivity contribution in [2.75, 3.05) is 64.2 Å². The maximum atomic E-state index is 11.6. The second-order valence-electron chi connectivity index (χ2n) is 7.93. The maximum absolute atomic E-state index is 11.6. The number of nitrogens with zero attached hydrogens (tertiary/aromatic N) is 4. The van der Waals surface area contributed by atoms with Crippen LogP contribution in [0.2, 0.25) is 0 Å². The highest BCUT2D eigenvalue weighted by Gasteiger charge is 2.15. The molecule has 0 aliphatic carbocycles. The third kappa shape index (κ3) is 11.5. The van der Waals surface area contributed by atoms with Gasteiger partial charge in [0.1, 0.15) is 24.7 Å². The van der Waals surface area contributed by atoms with E-state index in [1.54, 1.807) is 19.1 Å². The molecule has 0 amide bonds. The van der Waals surface area contributed by atoms with Crippen LogP contribution < -0.4 is 9.64 Å². The van der Waals surface area contributed by atoms with Crippen molar-refractivity contribution in [3.63, 3.8) is 0 Å². The Hall–Kier alpha value is -4.03. The van der Waals surface area contributed by atoms with Crippen LogP contribution >= 0.6 is 0 Å². The normalized spacial score (nSPS) is 10.8. The highest BCUT2D eigenvalue weighted by atomic mass is 16.6. The SMILES string of the molecule is C=C(COCCN(CCOCC(=O)OCC)c1ccc(N=Nc2ccc([N+](=O)[O-])cc2)cc1OCC)OCC. The van der Waals surface area contributed by atoms with E-state index in [9.17, 15) is 14.9 Å². The van der Waals surface area contributed by atoms with E-state index in [0.29, 0.717) is 62.4 Å².